The van der Waals surface area contributed by atoms with Crippen molar-refractivity contribution in [2.45, 2.75) is 25.4 Å². The smallest absolute Gasteiger partial charge is 0.331 e. The van der Waals surface area contributed by atoms with Crippen molar-refractivity contribution in [1.82, 2.24) is 9.13 Å². The summed E-state index contributed by atoms with van der Waals surface area (Å²) in [5, 5.41) is 9.17. The van der Waals surface area contributed by atoms with E-state index >= 15 is 0 Å². The van der Waals surface area contributed by atoms with E-state index in [-0.39, 0.29) is 18.5 Å². The van der Waals surface area contributed by atoms with Gasteiger partial charge in [0, 0.05) is 13.6 Å². The van der Waals surface area contributed by atoms with E-state index in [1.165, 1.54) is 4.57 Å². The van der Waals surface area contributed by atoms with Crippen molar-refractivity contribution >= 4 is 16.9 Å². The molecule has 0 aliphatic rings. The van der Waals surface area contributed by atoms with Gasteiger partial charge in [0.05, 0.1) is 10.9 Å². The Morgan fingerprint density at radius 3 is 2.67 bits per heavy atom. The van der Waals surface area contributed by atoms with Gasteiger partial charge >= 0.3 is 11.7 Å². The molecular weight excluding hydrogens is 274 g/mol. The number of aromatic nitrogens is 2. The van der Waals surface area contributed by atoms with Gasteiger partial charge in [-0.3, -0.25) is 18.7 Å². The maximum absolute atomic E-state index is 12.3. The van der Waals surface area contributed by atoms with E-state index in [1.54, 1.807) is 31.3 Å². The highest BCUT2D eigenvalue weighted by molar-refractivity contribution is 5.77. The van der Waals surface area contributed by atoms with Gasteiger partial charge in [-0.05, 0) is 25.0 Å². The summed E-state index contributed by atoms with van der Waals surface area (Å²) in [6.45, 7) is 0.150. The highest BCUT2D eigenvalue weighted by Crippen LogP contribution is 2.06. The fourth-order valence-corrected chi connectivity index (χ4v) is 2.25. The maximum Gasteiger partial charge on any atom is 0.331 e. The average Bonchev–Trinajstić information content (AvgIpc) is 2.48. The van der Waals surface area contributed by atoms with E-state index < -0.39 is 17.7 Å². The Hall–Kier alpha value is -2.41. The Kier molecular flexibility index (Phi) is 4.23. The van der Waals surface area contributed by atoms with Crippen LogP contribution in [-0.4, -0.2) is 26.3 Å². The molecule has 112 valence electrons. The van der Waals surface area contributed by atoms with Gasteiger partial charge in [0.2, 0.25) is 0 Å². The molecule has 0 bridgehead atoms. The van der Waals surface area contributed by atoms with E-state index in [9.17, 15) is 14.4 Å². The first-order valence-corrected chi connectivity index (χ1v) is 6.60. The Morgan fingerprint density at radius 1 is 1.33 bits per heavy atom. The quantitative estimate of drug-likeness (QED) is 0.799. The van der Waals surface area contributed by atoms with Crippen molar-refractivity contribution in [2.75, 3.05) is 0 Å². The summed E-state index contributed by atoms with van der Waals surface area (Å²) in [6, 6.07) is 5.89. The molecular formula is C14H17N3O4. The molecule has 0 fully saturated rings. The zero-order chi connectivity index (χ0) is 15.6. The number of fused-ring (bicyclic) bond motifs is 1. The lowest BCUT2D eigenvalue weighted by Gasteiger charge is -2.11. The molecule has 0 aliphatic carbocycles. The molecule has 0 radical (unpaired) electrons. The molecule has 1 heterocycles. The molecule has 7 heteroatoms. The van der Waals surface area contributed by atoms with Crippen LogP contribution in [0.25, 0.3) is 10.9 Å². The van der Waals surface area contributed by atoms with Gasteiger partial charge in [0.1, 0.15) is 6.04 Å². The van der Waals surface area contributed by atoms with Gasteiger partial charge in [0.15, 0.2) is 0 Å². The number of para-hydroxylation sites is 1. The Balaban J connectivity index is 2.35. The minimum absolute atomic E-state index is 0.150. The maximum atomic E-state index is 12.3. The molecule has 2 aromatic rings. The topological polar surface area (TPSA) is 107 Å². The Morgan fingerprint density at radius 2 is 2.00 bits per heavy atom. The van der Waals surface area contributed by atoms with Crippen LogP contribution in [0.2, 0.25) is 0 Å². The minimum atomic E-state index is -1.09. The van der Waals surface area contributed by atoms with Crippen molar-refractivity contribution in [3.8, 4) is 0 Å². The van der Waals surface area contributed by atoms with Crippen LogP contribution in [0.15, 0.2) is 33.9 Å². The first-order valence-electron chi connectivity index (χ1n) is 6.60. The highest BCUT2D eigenvalue weighted by atomic mass is 16.4. The number of rotatable bonds is 5. The fraction of sp³-hybridized carbons (Fsp3) is 0.357. The van der Waals surface area contributed by atoms with E-state index in [0.717, 1.165) is 4.57 Å². The van der Waals surface area contributed by atoms with Crippen LogP contribution in [0.3, 0.4) is 0 Å². The number of aryl methyl sites for hydroxylation is 1. The van der Waals surface area contributed by atoms with Crippen LogP contribution in [0.5, 0.6) is 0 Å². The van der Waals surface area contributed by atoms with Gasteiger partial charge in [-0.1, -0.05) is 12.1 Å². The van der Waals surface area contributed by atoms with E-state index in [1.807, 2.05) is 0 Å². The number of carboxylic acid groups (broad SMARTS) is 1. The second-order valence-electron chi connectivity index (χ2n) is 4.90. The normalized spacial score (nSPS) is 12.5. The molecule has 21 heavy (non-hydrogen) atoms. The van der Waals surface area contributed by atoms with Crippen molar-refractivity contribution in [1.29, 1.82) is 0 Å². The third-order valence-corrected chi connectivity index (χ3v) is 3.47. The van der Waals surface area contributed by atoms with E-state index in [2.05, 4.69) is 0 Å². The van der Waals surface area contributed by atoms with Crippen LogP contribution in [0, 0.1) is 0 Å². The number of benzene rings is 1. The molecule has 0 amide bonds. The second kappa shape index (κ2) is 5.92. The van der Waals surface area contributed by atoms with Crippen LogP contribution < -0.4 is 17.0 Å². The number of carboxylic acids is 1. The van der Waals surface area contributed by atoms with Gasteiger partial charge in [-0.2, -0.15) is 0 Å². The third-order valence-electron chi connectivity index (χ3n) is 3.47. The lowest BCUT2D eigenvalue weighted by atomic mass is 10.1. The zero-order valence-corrected chi connectivity index (χ0v) is 11.7. The van der Waals surface area contributed by atoms with Crippen LogP contribution >= 0.6 is 0 Å². The predicted octanol–water partition coefficient (Wildman–Crippen LogP) is -0.108. The zero-order valence-electron chi connectivity index (χ0n) is 11.7. The molecule has 0 spiro atoms. The number of hydrogen-bond donors (Lipinski definition) is 2. The summed E-state index contributed by atoms with van der Waals surface area (Å²) in [5.74, 6) is -1.09. The fourth-order valence-electron chi connectivity index (χ4n) is 2.25. The molecule has 1 aromatic heterocycles. The standard InChI is InChI=1S/C14H17N3O4/c1-16-11-7-3-2-5-9(11)12(18)17(14(16)21)8-4-6-10(15)13(19)20/h2-3,5,7,10H,4,6,8,15H2,1H3,(H,19,20)/t10-/m1/s1. The Bertz CT molecular complexity index is 791. The molecule has 1 atom stereocenters. The molecule has 0 aliphatic heterocycles. The van der Waals surface area contributed by atoms with E-state index in [4.69, 9.17) is 10.8 Å². The molecule has 0 saturated heterocycles. The average molecular weight is 291 g/mol. The first-order chi connectivity index (χ1) is 9.93. The number of carbonyl (C=O) groups is 1. The Labute approximate surface area is 120 Å². The lowest BCUT2D eigenvalue weighted by Crippen LogP contribution is -2.39. The summed E-state index contributed by atoms with van der Waals surface area (Å²) in [4.78, 5) is 35.1. The number of nitrogens with two attached hydrogens (primary N) is 1. The molecule has 0 saturated carbocycles. The summed E-state index contributed by atoms with van der Waals surface area (Å²) < 4.78 is 2.53. The van der Waals surface area contributed by atoms with Crippen molar-refractivity contribution in [3.63, 3.8) is 0 Å². The monoisotopic (exact) mass is 291 g/mol. The largest absolute Gasteiger partial charge is 0.480 e. The van der Waals surface area contributed by atoms with Gasteiger partial charge in [-0.15, -0.1) is 0 Å². The van der Waals surface area contributed by atoms with Crippen LogP contribution in [-0.2, 0) is 18.4 Å². The summed E-state index contributed by atoms with van der Waals surface area (Å²) in [6.07, 6.45) is 0.554. The van der Waals surface area contributed by atoms with Gasteiger partial charge in [0.25, 0.3) is 5.56 Å². The van der Waals surface area contributed by atoms with Crippen molar-refractivity contribution < 1.29 is 9.90 Å². The van der Waals surface area contributed by atoms with E-state index in [0.29, 0.717) is 17.3 Å². The van der Waals surface area contributed by atoms with Crippen LogP contribution in [0.4, 0.5) is 0 Å². The van der Waals surface area contributed by atoms with Crippen molar-refractivity contribution in [3.05, 3.63) is 45.1 Å². The minimum Gasteiger partial charge on any atom is -0.480 e. The molecule has 7 nitrogen and oxygen atoms in total. The third kappa shape index (κ3) is 2.87. The molecule has 2 rings (SSSR count). The first kappa shape index (κ1) is 15.0. The van der Waals surface area contributed by atoms with Crippen molar-refractivity contribution in [2.24, 2.45) is 12.8 Å². The van der Waals surface area contributed by atoms with Gasteiger partial charge in [-0.25, -0.2) is 4.79 Å². The predicted molar refractivity (Wildman–Crippen MR) is 78.3 cm³/mol. The second-order valence-corrected chi connectivity index (χ2v) is 4.90. The number of aliphatic carboxylic acids is 1. The van der Waals surface area contributed by atoms with Gasteiger partial charge < -0.3 is 10.8 Å². The summed E-state index contributed by atoms with van der Waals surface area (Å²) >= 11 is 0. The lowest BCUT2D eigenvalue weighted by molar-refractivity contribution is -0.138. The van der Waals surface area contributed by atoms with Crippen LogP contribution in [0.1, 0.15) is 12.8 Å². The number of hydrogen-bond acceptors (Lipinski definition) is 4. The molecule has 3 N–H and O–H groups in total. The summed E-state index contributed by atoms with van der Waals surface area (Å²) in [7, 11) is 1.60. The highest BCUT2D eigenvalue weighted by Gasteiger charge is 2.13. The molecule has 1 aromatic carbocycles. The summed E-state index contributed by atoms with van der Waals surface area (Å²) in [5.41, 5.74) is 5.20. The number of nitrogens with zero attached hydrogens (tertiary/aromatic N) is 2. The SMILES string of the molecule is Cn1c(=O)n(CCC[C@@H](N)C(=O)O)c(=O)c2ccccc21. The molecule has 0 unspecified atom stereocenters.